The number of carboxylic acids is 1. The van der Waals surface area contributed by atoms with Crippen LogP contribution < -0.4 is 0 Å². The molecule has 3 nitrogen and oxygen atoms in total. The maximum atomic E-state index is 10.3. The second kappa shape index (κ2) is 5.67. The van der Waals surface area contributed by atoms with Crippen LogP contribution in [0.15, 0.2) is 0 Å². The molecular formula is C13H26O3. The van der Waals surface area contributed by atoms with Crippen molar-refractivity contribution in [3.05, 3.63) is 0 Å². The summed E-state index contributed by atoms with van der Waals surface area (Å²) in [5.74, 6) is -0.635. The third-order valence-corrected chi connectivity index (χ3v) is 3.92. The van der Waals surface area contributed by atoms with Crippen molar-refractivity contribution in [2.24, 2.45) is 10.8 Å². The van der Waals surface area contributed by atoms with Gasteiger partial charge in [-0.1, -0.05) is 27.2 Å². The zero-order valence-electron chi connectivity index (χ0n) is 9.75. The molecule has 0 heterocycles. The van der Waals surface area contributed by atoms with Crippen molar-refractivity contribution in [2.75, 3.05) is 6.61 Å². The molecule has 0 bridgehead atoms. The Kier molecular flexibility index (Phi) is 5.47. The van der Waals surface area contributed by atoms with Crippen LogP contribution in [0.2, 0.25) is 0 Å². The summed E-state index contributed by atoms with van der Waals surface area (Å²) in [7, 11) is 0. The Hall–Kier alpha value is -0.570. The summed E-state index contributed by atoms with van der Waals surface area (Å²) in [6, 6.07) is 0. The van der Waals surface area contributed by atoms with Gasteiger partial charge in [0.15, 0.2) is 0 Å². The molecular weight excluding hydrogens is 204 g/mol. The van der Waals surface area contributed by atoms with E-state index >= 15 is 0 Å². The summed E-state index contributed by atoms with van der Waals surface area (Å²) in [6.07, 6.45) is 6.58. The fourth-order valence-electron chi connectivity index (χ4n) is 1.86. The van der Waals surface area contributed by atoms with E-state index in [1.807, 2.05) is 0 Å². The molecule has 2 rings (SSSR count). The van der Waals surface area contributed by atoms with Crippen LogP contribution in [0.4, 0.5) is 0 Å². The van der Waals surface area contributed by atoms with Gasteiger partial charge in [0.2, 0.25) is 0 Å². The van der Waals surface area contributed by atoms with E-state index in [2.05, 4.69) is 6.92 Å². The lowest BCUT2D eigenvalue weighted by Crippen LogP contribution is -2.34. The zero-order valence-corrected chi connectivity index (χ0v) is 9.75. The van der Waals surface area contributed by atoms with E-state index in [4.69, 9.17) is 10.2 Å². The Morgan fingerprint density at radius 3 is 1.56 bits per heavy atom. The van der Waals surface area contributed by atoms with Crippen molar-refractivity contribution < 1.29 is 15.0 Å². The topological polar surface area (TPSA) is 57.5 Å². The second-order valence-electron chi connectivity index (χ2n) is 5.54. The standard InChI is InChI=1S/C6H10O2.C6H12O.CH4/c1-6(5(7)8)3-2-4-6;1-6(5-7)3-2-4-6;/h2-4H2,1H3,(H,7,8);7H,2-5H2,1H3;1H4. The number of carboxylic acid groups (broad SMARTS) is 1. The van der Waals surface area contributed by atoms with E-state index in [1.54, 1.807) is 6.92 Å². The summed E-state index contributed by atoms with van der Waals surface area (Å²) in [4.78, 5) is 10.3. The molecule has 0 aromatic carbocycles. The number of hydrogen-bond acceptors (Lipinski definition) is 2. The van der Waals surface area contributed by atoms with Crippen LogP contribution in [0.25, 0.3) is 0 Å². The predicted octanol–water partition coefficient (Wildman–Crippen LogP) is 3.07. The lowest BCUT2D eigenvalue weighted by atomic mass is 9.71. The Balaban J connectivity index is 0.000000267. The van der Waals surface area contributed by atoms with Gasteiger partial charge >= 0.3 is 5.97 Å². The largest absolute Gasteiger partial charge is 0.481 e. The van der Waals surface area contributed by atoms with Crippen molar-refractivity contribution in [3.63, 3.8) is 0 Å². The summed E-state index contributed by atoms with van der Waals surface area (Å²) in [5.41, 5.74) is -0.0417. The van der Waals surface area contributed by atoms with E-state index < -0.39 is 5.97 Å². The molecule has 2 aliphatic rings. The second-order valence-corrected chi connectivity index (χ2v) is 5.54. The quantitative estimate of drug-likeness (QED) is 0.766. The van der Waals surface area contributed by atoms with Crippen molar-refractivity contribution >= 4 is 5.97 Å². The van der Waals surface area contributed by atoms with E-state index in [1.165, 1.54) is 19.3 Å². The highest BCUT2D eigenvalue weighted by atomic mass is 16.4. The van der Waals surface area contributed by atoms with Gasteiger partial charge in [0, 0.05) is 6.61 Å². The van der Waals surface area contributed by atoms with Gasteiger partial charge in [-0.3, -0.25) is 4.79 Å². The fourth-order valence-corrected chi connectivity index (χ4v) is 1.86. The highest BCUT2D eigenvalue weighted by molar-refractivity contribution is 5.75. The molecule has 2 fully saturated rings. The van der Waals surface area contributed by atoms with Crippen molar-refractivity contribution in [2.45, 2.75) is 59.8 Å². The van der Waals surface area contributed by atoms with Gasteiger partial charge in [0.05, 0.1) is 5.41 Å². The molecule has 0 radical (unpaired) electrons. The maximum Gasteiger partial charge on any atom is 0.309 e. The zero-order chi connectivity index (χ0) is 11.5. The number of rotatable bonds is 2. The van der Waals surface area contributed by atoms with Gasteiger partial charge in [-0.25, -0.2) is 0 Å². The highest BCUT2D eigenvalue weighted by Crippen LogP contribution is 2.40. The number of aliphatic carboxylic acids is 1. The molecule has 0 aromatic rings. The Labute approximate surface area is 98.9 Å². The first-order chi connectivity index (χ1) is 6.92. The van der Waals surface area contributed by atoms with Gasteiger partial charge in [0.25, 0.3) is 0 Å². The maximum absolute atomic E-state index is 10.3. The normalized spacial score (nSPS) is 23.7. The minimum Gasteiger partial charge on any atom is -0.481 e. The monoisotopic (exact) mass is 230 g/mol. The highest BCUT2D eigenvalue weighted by Gasteiger charge is 2.39. The van der Waals surface area contributed by atoms with E-state index in [0.717, 1.165) is 19.3 Å². The minimum absolute atomic E-state index is 0. The van der Waals surface area contributed by atoms with Crippen LogP contribution >= 0.6 is 0 Å². The Morgan fingerprint density at radius 1 is 1.12 bits per heavy atom. The van der Waals surface area contributed by atoms with Crippen LogP contribution in [0.1, 0.15) is 59.8 Å². The first kappa shape index (κ1) is 15.4. The van der Waals surface area contributed by atoms with E-state index in [-0.39, 0.29) is 12.8 Å². The molecule has 0 unspecified atom stereocenters. The smallest absolute Gasteiger partial charge is 0.309 e. The first-order valence-electron chi connectivity index (χ1n) is 5.76. The van der Waals surface area contributed by atoms with Crippen molar-refractivity contribution in [1.29, 1.82) is 0 Å². The van der Waals surface area contributed by atoms with Crippen molar-refractivity contribution in [3.8, 4) is 0 Å². The van der Waals surface area contributed by atoms with Crippen LogP contribution in [0, 0.1) is 10.8 Å². The molecule has 96 valence electrons. The molecule has 0 amide bonds. The average Bonchev–Trinajstić information content (AvgIpc) is 2.11. The molecule has 0 saturated heterocycles. The minimum atomic E-state index is -0.635. The SMILES string of the molecule is C.CC1(C(=O)O)CCC1.CC1(CO)CCC1. The lowest BCUT2D eigenvalue weighted by Gasteiger charge is -2.36. The molecule has 2 N–H and O–H groups in total. The Bertz CT molecular complexity index is 222. The third-order valence-electron chi connectivity index (χ3n) is 3.92. The number of hydrogen-bond donors (Lipinski definition) is 2. The number of aliphatic hydroxyl groups is 1. The molecule has 0 atom stereocenters. The third kappa shape index (κ3) is 3.48. The van der Waals surface area contributed by atoms with E-state index in [0.29, 0.717) is 12.0 Å². The van der Waals surface area contributed by atoms with Gasteiger partial charge in [0.1, 0.15) is 0 Å². The average molecular weight is 230 g/mol. The molecule has 2 saturated carbocycles. The number of aliphatic hydroxyl groups excluding tert-OH is 1. The molecule has 0 aromatic heterocycles. The molecule has 2 aliphatic carbocycles. The van der Waals surface area contributed by atoms with Crippen LogP contribution in [-0.4, -0.2) is 22.8 Å². The van der Waals surface area contributed by atoms with Crippen LogP contribution in [0.5, 0.6) is 0 Å². The van der Waals surface area contributed by atoms with Crippen molar-refractivity contribution in [1.82, 2.24) is 0 Å². The van der Waals surface area contributed by atoms with Gasteiger partial charge in [-0.2, -0.15) is 0 Å². The summed E-state index contributed by atoms with van der Waals surface area (Å²) in [5, 5.41) is 17.1. The predicted molar refractivity (Wildman–Crippen MR) is 65.4 cm³/mol. The molecule has 0 aliphatic heterocycles. The number of carbonyl (C=O) groups is 1. The van der Waals surface area contributed by atoms with Crippen LogP contribution in [-0.2, 0) is 4.79 Å². The summed E-state index contributed by atoms with van der Waals surface area (Å²) >= 11 is 0. The van der Waals surface area contributed by atoms with Gasteiger partial charge < -0.3 is 10.2 Å². The summed E-state index contributed by atoms with van der Waals surface area (Å²) in [6.45, 7) is 4.32. The molecule has 3 heteroatoms. The first-order valence-corrected chi connectivity index (χ1v) is 5.76. The lowest BCUT2D eigenvalue weighted by molar-refractivity contribution is -0.152. The molecule has 0 spiro atoms. The van der Waals surface area contributed by atoms with Gasteiger partial charge in [-0.05, 0) is 38.0 Å². The summed E-state index contributed by atoms with van der Waals surface area (Å²) < 4.78 is 0. The Morgan fingerprint density at radius 2 is 1.56 bits per heavy atom. The van der Waals surface area contributed by atoms with Crippen LogP contribution in [0.3, 0.4) is 0 Å². The molecule has 16 heavy (non-hydrogen) atoms. The van der Waals surface area contributed by atoms with Gasteiger partial charge in [-0.15, -0.1) is 0 Å². The van der Waals surface area contributed by atoms with E-state index in [9.17, 15) is 4.79 Å². The fraction of sp³-hybridized carbons (Fsp3) is 0.923.